The van der Waals surface area contributed by atoms with Crippen molar-refractivity contribution in [2.24, 2.45) is 5.10 Å². The number of carbonyl (C=O) groups is 1. The van der Waals surface area contributed by atoms with E-state index < -0.39 is 0 Å². The summed E-state index contributed by atoms with van der Waals surface area (Å²) in [4.78, 5) is 12.8. The Kier molecular flexibility index (Phi) is 9.38. The third-order valence-electron chi connectivity index (χ3n) is 6.66. The van der Waals surface area contributed by atoms with Gasteiger partial charge in [-0.15, -0.1) is 10.2 Å². The van der Waals surface area contributed by atoms with Gasteiger partial charge in [0.05, 0.1) is 32.8 Å². The highest BCUT2D eigenvalue weighted by molar-refractivity contribution is 7.99. The molecule has 0 spiro atoms. The number of para-hydroxylation sites is 1. The molecule has 1 amide bonds. The summed E-state index contributed by atoms with van der Waals surface area (Å²) >= 11 is 1.26. The number of nitrogens with one attached hydrogen (secondary N) is 1. The van der Waals surface area contributed by atoms with Gasteiger partial charge in [-0.2, -0.15) is 5.10 Å². The molecular weight excluding hydrogens is 562 g/mol. The molecule has 0 atom stereocenters. The SMILES string of the molecule is COc1cc(-c2nnc(SCC(=O)N/N=C(/C)c3ccc(-c4ccccc4)cc3)n2-c2ccccc2)cc(OC)c1OC. The van der Waals surface area contributed by atoms with E-state index in [-0.39, 0.29) is 11.7 Å². The van der Waals surface area contributed by atoms with E-state index in [1.807, 2.05) is 96.4 Å². The van der Waals surface area contributed by atoms with Crippen LogP contribution in [0.3, 0.4) is 0 Å². The maximum atomic E-state index is 12.8. The van der Waals surface area contributed by atoms with Crippen LogP contribution in [-0.4, -0.2) is 53.5 Å². The number of amides is 1. The van der Waals surface area contributed by atoms with Crippen LogP contribution in [0.25, 0.3) is 28.2 Å². The van der Waals surface area contributed by atoms with Gasteiger partial charge in [0.2, 0.25) is 5.75 Å². The van der Waals surface area contributed by atoms with Gasteiger partial charge in [0.15, 0.2) is 22.5 Å². The number of hydrogen-bond donors (Lipinski definition) is 1. The molecule has 5 aromatic rings. The lowest BCUT2D eigenvalue weighted by Crippen LogP contribution is -2.21. The molecule has 5 rings (SSSR count). The average Bonchev–Trinajstić information content (AvgIpc) is 3.50. The first-order valence-corrected chi connectivity index (χ1v) is 14.4. The van der Waals surface area contributed by atoms with E-state index in [1.54, 1.807) is 21.3 Å². The smallest absolute Gasteiger partial charge is 0.250 e. The summed E-state index contributed by atoms with van der Waals surface area (Å²) in [6.07, 6.45) is 0. The quantitative estimate of drug-likeness (QED) is 0.110. The second-order valence-electron chi connectivity index (χ2n) is 9.36. The van der Waals surface area contributed by atoms with Crippen molar-refractivity contribution in [1.82, 2.24) is 20.2 Å². The average molecular weight is 594 g/mol. The largest absolute Gasteiger partial charge is 0.493 e. The van der Waals surface area contributed by atoms with Crippen molar-refractivity contribution in [2.75, 3.05) is 27.1 Å². The van der Waals surface area contributed by atoms with Crippen molar-refractivity contribution in [3.05, 3.63) is 103 Å². The summed E-state index contributed by atoms with van der Waals surface area (Å²) in [7, 11) is 4.68. The fraction of sp³-hybridized carbons (Fsp3) is 0.152. The number of carbonyl (C=O) groups excluding carboxylic acids is 1. The molecule has 0 unspecified atom stereocenters. The molecule has 218 valence electrons. The Labute approximate surface area is 254 Å². The molecular formula is C33H31N5O4S. The van der Waals surface area contributed by atoms with Crippen LogP contribution in [0.1, 0.15) is 12.5 Å². The van der Waals surface area contributed by atoms with Crippen LogP contribution in [0.4, 0.5) is 0 Å². The minimum Gasteiger partial charge on any atom is -0.493 e. The first-order valence-electron chi connectivity index (χ1n) is 13.5. The number of ether oxygens (including phenoxy) is 3. The maximum absolute atomic E-state index is 12.8. The normalized spacial score (nSPS) is 11.2. The van der Waals surface area contributed by atoms with E-state index in [4.69, 9.17) is 14.2 Å². The number of aromatic nitrogens is 3. The standard InChI is InChI=1S/C33H31N5O4S/c1-22(23-15-17-25(18-16-23)24-11-7-5-8-12-24)34-35-30(39)21-43-33-37-36-32(38(33)27-13-9-6-10-14-27)26-19-28(40-2)31(42-4)29(20-26)41-3/h5-20H,21H2,1-4H3,(H,35,39)/b34-22-. The molecule has 1 aromatic heterocycles. The summed E-state index contributed by atoms with van der Waals surface area (Å²) in [6.45, 7) is 1.86. The number of rotatable bonds is 11. The Morgan fingerprint density at radius 2 is 1.40 bits per heavy atom. The minimum absolute atomic E-state index is 0.0872. The number of hydrogen-bond acceptors (Lipinski definition) is 8. The van der Waals surface area contributed by atoms with Gasteiger partial charge < -0.3 is 14.2 Å². The number of methoxy groups -OCH3 is 3. The van der Waals surface area contributed by atoms with Crippen LogP contribution in [-0.2, 0) is 4.79 Å². The zero-order chi connectivity index (χ0) is 30.2. The lowest BCUT2D eigenvalue weighted by atomic mass is 10.0. The summed E-state index contributed by atoms with van der Waals surface area (Å²) in [5.74, 6) is 1.85. The summed E-state index contributed by atoms with van der Waals surface area (Å²) in [5, 5.41) is 13.8. The molecule has 0 aliphatic carbocycles. The van der Waals surface area contributed by atoms with Crippen LogP contribution < -0.4 is 19.6 Å². The Bertz CT molecular complexity index is 1700. The number of nitrogens with zero attached hydrogens (tertiary/aromatic N) is 4. The van der Waals surface area contributed by atoms with E-state index in [0.717, 1.165) is 22.4 Å². The Morgan fingerprint density at radius 1 is 0.791 bits per heavy atom. The van der Waals surface area contributed by atoms with Gasteiger partial charge in [0.1, 0.15) is 0 Å². The molecule has 10 heteroatoms. The summed E-state index contributed by atoms with van der Waals surface area (Å²) in [5.41, 5.74) is 8.10. The highest BCUT2D eigenvalue weighted by atomic mass is 32.2. The first kappa shape index (κ1) is 29.4. The fourth-order valence-corrected chi connectivity index (χ4v) is 5.22. The molecule has 0 radical (unpaired) electrons. The third kappa shape index (κ3) is 6.70. The van der Waals surface area contributed by atoms with Crippen molar-refractivity contribution in [1.29, 1.82) is 0 Å². The predicted octanol–water partition coefficient (Wildman–Crippen LogP) is 6.26. The molecule has 43 heavy (non-hydrogen) atoms. The highest BCUT2D eigenvalue weighted by Crippen LogP contribution is 2.41. The van der Waals surface area contributed by atoms with E-state index in [9.17, 15) is 4.79 Å². The lowest BCUT2D eigenvalue weighted by Gasteiger charge is -2.15. The molecule has 9 nitrogen and oxygen atoms in total. The topological polar surface area (TPSA) is 99.9 Å². The Morgan fingerprint density at radius 3 is 2.00 bits per heavy atom. The molecule has 1 N–H and O–H groups in total. The van der Waals surface area contributed by atoms with Gasteiger partial charge in [-0.1, -0.05) is 84.6 Å². The Hall–Kier alpha value is -5.09. The van der Waals surface area contributed by atoms with E-state index in [2.05, 4.69) is 32.9 Å². The van der Waals surface area contributed by atoms with Gasteiger partial charge in [-0.25, -0.2) is 5.43 Å². The molecule has 0 saturated heterocycles. The Balaban J connectivity index is 1.33. The summed E-state index contributed by atoms with van der Waals surface area (Å²) < 4.78 is 18.5. The monoisotopic (exact) mass is 593 g/mol. The second-order valence-corrected chi connectivity index (χ2v) is 10.3. The zero-order valence-corrected chi connectivity index (χ0v) is 25.1. The number of hydrazone groups is 1. The van der Waals surface area contributed by atoms with Gasteiger partial charge in [0.25, 0.3) is 5.91 Å². The van der Waals surface area contributed by atoms with Crippen LogP contribution in [0, 0.1) is 0 Å². The van der Waals surface area contributed by atoms with Crippen molar-refractivity contribution in [3.63, 3.8) is 0 Å². The molecule has 0 aliphatic heterocycles. The highest BCUT2D eigenvalue weighted by Gasteiger charge is 2.21. The first-order chi connectivity index (χ1) is 21.0. The van der Waals surface area contributed by atoms with E-state index in [0.29, 0.717) is 39.5 Å². The lowest BCUT2D eigenvalue weighted by molar-refractivity contribution is -0.118. The predicted molar refractivity (Wildman–Crippen MR) is 169 cm³/mol. The number of benzene rings is 4. The second kappa shape index (κ2) is 13.7. The third-order valence-corrected chi connectivity index (χ3v) is 7.59. The van der Waals surface area contributed by atoms with Gasteiger partial charge >= 0.3 is 0 Å². The number of thioether (sulfide) groups is 1. The summed E-state index contributed by atoms with van der Waals surface area (Å²) in [6, 6.07) is 31.6. The van der Waals surface area contributed by atoms with Gasteiger partial charge in [0, 0.05) is 11.3 Å². The van der Waals surface area contributed by atoms with Crippen molar-refractivity contribution in [3.8, 4) is 45.5 Å². The van der Waals surface area contributed by atoms with Gasteiger partial charge in [-0.3, -0.25) is 9.36 Å². The molecule has 0 saturated carbocycles. The van der Waals surface area contributed by atoms with E-state index in [1.165, 1.54) is 11.8 Å². The van der Waals surface area contributed by atoms with Crippen LogP contribution in [0.2, 0.25) is 0 Å². The fourth-order valence-electron chi connectivity index (χ4n) is 4.48. The molecule has 0 aliphatic rings. The van der Waals surface area contributed by atoms with Crippen LogP contribution >= 0.6 is 11.8 Å². The molecule has 1 heterocycles. The molecule has 0 bridgehead atoms. The molecule has 4 aromatic carbocycles. The maximum Gasteiger partial charge on any atom is 0.250 e. The van der Waals surface area contributed by atoms with Crippen molar-refractivity contribution in [2.45, 2.75) is 12.1 Å². The molecule has 0 fully saturated rings. The van der Waals surface area contributed by atoms with Crippen LogP contribution in [0.5, 0.6) is 17.2 Å². The zero-order valence-electron chi connectivity index (χ0n) is 24.3. The minimum atomic E-state index is -0.262. The van der Waals surface area contributed by atoms with Crippen molar-refractivity contribution >= 4 is 23.4 Å². The van der Waals surface area contributed by atoms with Crippen molar-refractivity contribution < 1.29 is 19.0 Å². The van der Waals surface area contributed by atoms with E-state index >= 15 is 0 Å². The van der Waals surface area contributed by atoms with Gasteiger partial charge in [-0.05, 0) is 47.9 Å². The van der Waals surface area contributed by atoms with Crippen LogP contribution in [0.15, 0.2) is 107 Å².